The average molecular weight is 257 g/mol. The second-order valence-corrected chi connectivity index (χ2v) is 5.06. The zero-order chi connectivity index (χ0) is 13.2. The molecule has 0 atom stereocenters. The fourth-order valence-electron chi connectivity index (χ4n) is 2.20. The van der Waals surface area contributed by atoms with Gasteiger partial charge in [0, 0.05) is 37.0 Å². The molecular weight excluding hydrogens is 238 g/mol. The molecule has 1 aromatic heterocycles. The molecule has 0 spiro atoms. The van der Waals surface area contributed by atoms with Gasteiger partial charge in [-0.05, 0) is 37.1 Å². The molecule has 1 aliphatic carbocycles. The van der Waals surface area contributed by atoms with Gasteiger partial charge in [0.25, 0.3) is 0 Å². The number of nitrogens with one attached hydrogen (secondary N) is 1. The summed E-state index contributed by atoms with van der Waals surface area (Å²) < 4.78 is 7.07. The number of methoxy groups -OCH3 is 1. The molecule has 1 fully saturated rings. The van der Waals surface area contributed by atoms with Crippen LogP contribution < -0.4 is 10.1 Å². The molecule has 100 valence electrons. The molecule has 1 N–H and O–H groups in total. The molecule has 1 aromatic carbocycles. The number of nitrogens with zero attached hydrogens (tertiary/aromatic N) is 2. The van der Waals surface area contributed by atoms with Gasteiger partial charge in [0.2, 0.25) is 0 Å². The molecule has 2 aromatic rings. The van der Waals surface area contributed by atoms with Crippen molar-refractivity contribution in [1.29, 1.82) is 0 Å². The third kappa shape index (κ3) is 2.79. The lowest BCUT2D eigenvalue weighted by atomic mass is 10.1. The van der Waals surface area contributed by atoms with Gasteiger partial charge in [-0.2, -0.15) is 5.10 Å². The van der Waals surface area contributed by atoms with E-state index < -0.39 is 0 Å². The van der Waals surface area contributed by atoms with Gasteiger partial charge in [-0.25, -0.2) is 0 Å². The van der Waals surface area contributed by atoms with Crippen LogP contribution in [0.3, 0.4) is 0 Å². The van der Waals surface area contributed by atoms with Gasteiger partial charge in [0.15, 0.2) is 0 Å². The number of benzene rings is 1. The normalized spacial score (nSPS) is 14.6. The first kappa shape index (κ1) is 12.2. The zero-order valence-corrected chi connectivity index (χ0v) is 11.4. The van der Waals surface area contributed by atoms with Gasteiger partial charge in [0.05, 0.1) is 12.8 Å². The Morgan fingerprint density at radius 1 is 1.32 bits per heavy atom. The fraction of sp³-hybridized carbons (Fsp3) is 0.400. The maximum absolute atomic E-state index is 5.19. The molecular formula is C15H19N3O. The minimum atomic E-state index is 0.712. The Bertz CT molecular complexity index is 555. The smallest absolute Gasteiger partial charge is 0.118 e. The van der Waals surface area contributed by atoms with Crippen molar-refractivity contribution in [2.24, 2.45) is 7.05 Å². The van der Waals surface area contributed by atoms with E-state index in [-0.39, 0.29) is 0 Å². The van der Waals surface area contributed by atoms with Crippen molar-refractivity contribution in [3.05, 3.63) is 36.0 Å². The lowest BCUT2D eigenvalue weighted by molar-refractivity contribution is 0.415. The van der Waals surface area contributed by atoms with Crippen molar-refractivity contribution in [2.45, 2.75) is 25.4 Å². The zero-order valence-electron chi connectivity index (χ0n) is 11.4. The lowest BCUT2D eigenvalue weighted by Crippen LogP contribution is -2.15. The second-order valence-electron chi connectivity index (χ2n) is 5.06. The lowest BCUT2D eigenvalue weighted by Gasteiger charge is -2.05. The molecule has 0 aliphatic heterocycles. The van der Waals surface area contributed by atoms with Crippen molar-refractivity contribution < 1.29 is 4.74 Å². The van der Waals surface area contributed by atoms with Crippen LogP contribution in [0.15, 0.2) is 30.5 Å². The van der Waals surface area contributed by atoms with Crippen LogP contribution >= 0.6 is 0 Å². The molecule has 19 heavy (non-hydrogen) atoms. The largest absolute Gasteiger partial charge is 0.497 e. The van der Waals surface area contributed by atoms with Crippen LogP contribution in [0.2, 0.25) is 0 Å². The average Bonchev–Trinajstić information content (AvgIpc) is 3.19. The first-order valence-corrected chi connectivity index (χ1v) is 6.66. The number of aryl methyl sites for hydroxylation is 1. The van der Waals surface area contributed by atoms with Crippen LogP contribution in [-0.2, 0) is 13.6 Å². The first-order chi connectivity index (χ1) is 9.26. The Balaban J connectivity index is 1.84. The summed E-state index contributed by atoms with van der Waals surface area (Å²) in [5.41, 5.74) is 3.44. The van der Waals surface area contributed by atoms with Gasteiger partial charge >= 0.3 is 0 Å². The molecule has 3 rings (SSSR count). The minimum Gasteiger partial charge on any atom is -0.497 e. The van der Waals surface area contributed by atoms with E-state index in [0.29, 0.717) is 6.04 Å². The number of rotatable bonds is 5. The summed E-state index contributed by atoms with van der Waals surface area (Å²) in [5.74, 6) is 0.873. The predicted molar refractivity (Wildman–Crippen MR) is 75.1 cm³/mol. The second kappa shape index (κ2) is 5.05. The Kier molecular flexibility index (Phi) is 3.25. The van der Waals surface area contributed by atoms with E-state index in [9.17, 15) is 0 Å². The summed E-state index contributed by atoms with van der Waals surface area (Å²) in [6, 6.07) is 8.78. The fourth-order valence-corrected chi connectivity index (χ4v) is 2.20. The van der Waals surface area contributed by atoms with Gasteiger partial charge in [0.1, 0.15) is 5.75 Å². The number of hydrogen-bond donors (Lipinski definition) is 1. The van der Waals surface area contributed by atoms with Crippen molar-refractivity contribution in [2.75, 3.05) is 7.11 Å². The van der Waals surface area contributed by atoms with E-state index in [4.69, 9.17) is 4.74 Å². The maximum Gasteiger partial charge on any atom is 0.118 e. The highest BCUT2D eigenvalue weighted by atomic mass is 16.5. The van der Waals surface area contributed by atoms with Crippen LogP contribution in [0.5, 0.6) is 5.75 Å². The molecule has 0 bridgehead atoms. The highest BCUT2D eigenvalue weighted by Gasteiger charge is 2.21. The molecule has 4 heteroatoms. The van der Waals surface area contributed by atoms with Gasteiger partial charge < -0.3 is 10.1 Å². The number of aromatic nitrogens is 2. The van der Waals surface area contributed by atoms with Crippen LogP contribution in [-0.4, -0.2) is 22.9 Å². The van der Waals surface area contributed by atoms with Crippen LogP contribution in [0, 0.1) is 0 Å². The van der Waals surface area contributed by atoms with Crippen molar-refractivity contribution >= 4 is 0 Å². The van der Waals surface area contributed by atoms with Crippen LogP contribution in [0.25, 0.3) is 11.3 Å². The molecule has 0 unspecified atom stereocenters. The Morgan fingerprint density at radius 3 is 2.68 bits per heavy atom. The van der Waals surface area contributed by atoms with Crippen LogP contribution in [0.4, 0.5) is 0 Å². The summed E-state index contributed by atoms with van der Waals surface area (Å²) in [6.07, 6.45) is 4.70. The van der Waals surface area contributed by atoms with E-state index in [2.05, 4.69) is 28.7 Å². The van der Waals surface area contributed by atoms with Gasteiger partial charge in [-0.15, -0.1) is 0 Å². The van der Waals surface area contributed by atoms with Gasteiger partial charge in [-0.1, -0.05) is 0 Å². The van der Waals surface area contributed by atoms with Crippen molar-refractivity contribution in [3.63, 3.8) is 0 Å². The number of hydrogen-bond acceptors (Lipinski definition) is 3. The number of ether oxygens (including phenoxy) is 1. The predicted octanol–water partition coefficient (Wildman–Crippen LogP) is 2.35. The van der Waals surface area contributed by atoms with E-state index in [0.717, 1.165) is 23.6 Å². The third-order valence-corrected chi connectivity index (χ3v) is 3.43. The summed E-state index contributed by atoms with van der Waals surface area (Å²) in [4.78, 5) is 0. The summed E-state index contributed by atoms with van der Waals surface area (Å²) in [7, 11) is 3.65. The molecule has 1 heterocycles. The Hall–Kier alpha value is -1.81. The topological polar surface area (TPSA) is 39.1 Å². The summed E-state index contributed by atoms with van der Waals surface area (Å²) in [5, 5.41) is 8.11. The molecule has 4 nitrogen and oxygen atoms in total. The Morgan fingerprint density at radius 2 is 2.05 bits per heavy atom. The third-order valence-electron chi connectivity index (χ3n) is 3.43. The van der Waals surface area contributed by atoms with E-state index in [1.54, 1.807) is 7.11 Å². The van der Waals surface area contributed by atoms with Gasteiger partial charge in [-0.3, -0.25) is 4.68 Å². The quantitative estimate of drug-likeness (QED) is 0.893. The van der Waals surface area contributed by atoms with E-state index >= 15 is 0 Å². The van der Waals surface area contributed by atoms with E-state index in [1.807, 2.05) is 23.9 Å². The van der Waals surface area contributed by atoms with Crippen LogP contribution in [0.1, 0.15) is 18.4 Å². The maximum atomic E-state index is 5.19. The molecule has 1 aliphatic rings. The summed E-state index contributed by atoms with van der Waals surface area (Å²) in [6.45, 7) is 0.889. The molecule has 1 saturated carbocycles. The molecule has 0 radical (unpaired) electrons. The summed E-state index contributed by atoms with van der Waals surface area (Å²) >= 11 is 0. The Labute approximate surface area is 113 Å². The first-order valence-electron chi connectivity index (χ1n) is 6.66. The van der Waals surface area contributed by atoms with E-state index in [1.165, 1.54) is 18.4 Å². The van der Waals surface area contributed by atoms with Crippen molar-refractivity contribution in [1.82, 2.24) is 15.1 Å². The highest BCUT2D eigenvalue weighted by molar-refractivity contribution is 5.63. The molecule has 0 amide bonds. The highest BCUT2D eigenvalue weighted by Crippen LogP contribution is 2.25. The minimum absolute atomic E-state index is 0.712. The SMILES string of the molecule is COc1ccc(-c2nn(C)cc2CNC2CC2)cc1. The van der Waals surface area contributed by atoms with Crippen molar-refractivity contribution in [3.8, 4) is 17.0 Å². The molecule has 0 saturated heterocycles. The standard InChI is InChI=1S/C15H19N3O/c1-18-10-12(9-16-13-5-6-13)15(17-18)11-3-7-14(19-2)8-4-11/h3-4,7-8,10,13,16H,5-6,9H2,1-2H3. The monoisotopic (exact) mass is 257 g/mol.